The Hall–Kier alpha value is -2.92. The number of halogens is 2. The van der Waals surface area contributed by atoms with E-state index in [1.165, 1.54) is 25.5 Å². The summed E-state index contributed by atoms with van der Waals surface area (Å²) < 4.78 is 25.1. The van der Waals surface area contributed by atoms with Crippen molar-refractivity contribution in [3.8, 4) is 11.5 Å². The highest BCUT2D eigenvalue weighted by Crippen LogP contribution is 2.37. The van der Waals surface area contributed by atoms with Crippen LogP contribution in [0.4, 0.5) is 4.39 Å². The van der Waals surface area contributed by atoms with Crippen LogP contribution in [-0.4, -0.2) is 40.7 Å². The number of nitrogens with one attached hydrogen (secondary N) is 1. The van der Waals surface area contributed by atoms with Gasteiger partial charge in [0.15, 0.2) is 16.7 Å². The number of ether oxygens (including phenoxy) is 2. The summed E-state index contributed by atoms with van der Waals surface area (Å²) in [5.41, 5.74) is 1.32. The van der Waals surface area contributed by atoms with Crippen molar-refractivity contribution in [3.63, 3.8) is 0 Å². The fourth-order valence-corrected chi connectivity index (χ4v) is 4.12. The summed E-state index contributed by atoms with van der Waals surface area (Å²) in [6, 6.07) is 9.53. The maximum absolute atomic E-state index is 13.3. The van der Waals surface area contributed by atoms with Crippen LogP contribution in [0, 0.1) is 5.82 Å². The maximum atomic E-state index is 13.3. The summed E-state index contributed by atoms with van der Waals surface area (Å²) in [6.45, 7) is 0.155. The van der Waals surface area contributed by atoms with Crippen LogP contribution in [0.3, 0.4) is 0 Å². The van der Waals surface area contributed by atoms with Gasteiger partial charge in [-0.05, 0) is 51.3 Å². The number of methoxy groups -OCH3 is 1. The van der Waals surface area contributed by atoms with E-state index in [9.17, 15) is 14.0 Å². The molecule has 1 aliphatic heterocycles. The molecule has 0 radical (unpaired) electrons. The van der Waals surface area contributed by atoms with Gasteiger partial charge >= 0.3 is 5.97 Å². The number of thioether (sulfide) groups is 1. The number of carboxylic acids is 1. The molecule has 0 aliphatic carbocycles. The first kappa shape index (κ1) is 22.8. The Morgan fingerprint density at radius 3 is 2.90 bits per heavy atom. The van der Waals surface area contributed by atoms with Crippen molar-refractivity contribution in [1.82, 2.24) is 5.32 Å². The maximum Gasteiger partial charge on any atom is 0.305 e. The van der Waals surface area contributed by atoms with Gasteiger partial charge in [0.05, 0.1) is 24.2 Å². The van der Waals surface area contributed by atoms with E-state index in [1.807, 2.05) is 0 Å². The highest BCUT2D eigenvalue weighted by molar-refractivity contribution is 9.10. The molecule has 2 aromatic carbocycles. The third kappa shape index (κ3) is 6.28. The molecule has 1 atom stereocenters. The van der Waals surface area contributed by atoms with Crippen LogP contribution in [0.25, 0.3) is 0 Å². The largest absolute Gasteiger partial charge is 0.493 e. The van der Waals surface area contributed by atoms with Gasteiger partial charge in [-0.3, -0.25) is 9.59 Å². The fourth-order valence-electron chi connectivity index (χ4n) is 2.63. The number of amidine groups is 1. The van der Waals surface area contributed by atoms with E-state index >= 15 is 0 Å². The second-order valence-corrected chi connectivity index (χ2v) is 8.34. The van der Waals surface area contributed by atoms with E-state index in [2.05, 4.69) is 31.4 Å². The van der Waals surface area contributed by atoms with Gasteiger partial charge in [0.2, 0.25) is 5.91 Å². The molecule has 2 aromatic rings. The molecule has 0 spiro atoms. The Bertz CT molecular complexity index is 1060. The van der Waals surface area contributed by atoms with Crippen molar-refractivity contribution in [3.05, 3.63) is 57.8 Å². The van der Waals surface area contributed by atoms with Gasteiger partial charge in [-0.25, -0.2) is 4.39 Å². The molecule has 0 saturated carbocycles. The molecule has 31 heavy (non-hydrogen) atoms. The molecule has 0 bridgehead atoms. The summed E-state index contributed by atoms with van der Waals surface area (Å²) in [5.74, 6) is -0.930. The number of nitrogens with zero attached hydrogens (tertiary/aromatic N) is 2. The van der Waals surface area contributed by atoms with Crippen molar-refractivity contribution < 1.29 is 28.6 Å². The Morgan fingerprint density at radius 2 is 2.19 bits per heavy atom. The van der Waals surface area contributed by atoms with Gasteiger partial charge in [0, 0.05) is 0 Å². The average Bonchev–Trinajstić information content (AvgIpc) is 3.05. The smallest absolute Gasteiger partial charge is 0.305 e. The topological polar surface area (TPSA) is 110 Å². The number of hydrogen-bond donors (Lipinski definition) is 2. The van der Waals surface area contributed by atoms with E-state index in [0.717, 1.165) is 11.8 Å². The molecule has 11 heteroatoms. The molecule has 0 aromatic heterocycles. The Morgan fingerprint density at radius 1 is 1.39 bits per heavy atom. The molecule has 1 unspecified atom stereocenters. The summed E-state index contributed by atoms with van der Waals surface area (Å²) in [5, 5.41) is 18.7. The summed E-state index contributed by atoms with van der Waals surface area (Å²) in [7, 11) is 1.49. The Labute approximate surface area is 189 Å². The number of aliphatic carboxylic acids is 1. The van der Waals surface area contributed by atoms with Crippen LogP contribution in [0.15, 0.2) is 51.1 Å². The second-order valence-electron chi connectivity index (χ2n) is 6.30. The van der Waals surface area contributed by atoms with Gasteiger partial charge in [-0.2, -0.15) is 5.10 Å². The standard InChI is InChI=1S/C20H17BrFN3O5S/c1-29-15-7-12(9-23-25-20-24-19(28)16(31-20)8-17(26)27)6-14(21)18(15)30-10-11-3-2-4-13(22)5-11/h2-7,9,16H,8,10H2,1H3,(H,26,27)(H,24,25,28). The Balaban J connectivity index is 1.69. The fraction of sp³-hybridized carbons (Fsp3) is 0.200. The molecule has 1 amide bonds. The van der Waals surface area contributed by atoms with E-state index in [1.54, 1.807) is 24.3 Å². The molecule has 3 rings (SSSR count). The number of rotatable bonds is 8. The van der Waals surface area contributed by atoms with Crippen LogP contribution in [-0.2, 0) is 16.2 Å². The summed E-state index contributed by atoms with van der Waals surface area (Å²) >= 11 is 4.45. The quantitative estimate of drug-likeness (QED) is 0.415. The molecule has 1 saturated heterocycles. The molecule has 1 aliphatic rings. The molecule has 1 fully saturated rings. The third-order valence-electron chi connectivity index (χ3n) is 4.02. The minimum absolute atomic E-state index is 0.155. The van der Waals surface area contributed by atoms with Crippen LogP contribution < -0.4 is 14.8 Å². The predicted molar refractivity (Wildman–Crippen MR) is 118 cm³/mol. The predicted octanol–water partition coefficient (Wildman–Crippen LogP) is 3.57. The number of hydrogen-bond acceptors (Lipinski definition) is 7. The van der Waals surface area contributed by atoms with Gasteiger partial charge in [-0.1, -0.05) is 23.9 Å². The van der Waals surface area contributed by atoms with Gasteiger partial charge in [0.25, 0.3) is 0 Å². The van der Waals surface area contributed by atoms with Crippen LogP contribution in [0.5, 0.6) is 11.5 Å². The lowest BCUT2D eigenvalue weighted by Crippen LogP contribution is -2.26. The normalized spacial score (nSPS) is 17.2. The molecular formula is C20H17BrFN3O5S. The highest BCUT2D eigenvalue weighted by Gasteiger charge is 2.32. The van der Waals surface area contributed by atoms with Crippen LogP contribution >= 0.6 is 27.7 Å². The SMILES string of the molecule is COc1cc(C=NN=C2NC(=O)C(CC(=O)O)S2)cc(Br)c1OCc1cccc(F)c1. The van der Waals surface area contributed by atoms with Gasteiger partial charge in [0.1, 0.15) is 17.7 Å². The van der Waals surface area contributed by atoms with Crippen molar-refractivity contribution in [2.75, 3.05) is 7.11 Å². The molecule has 162 valence electrons. The molecule has 2 N–H and O–H groups in total. The number of amides is 1. The average molecular weight is 510 g/mol. The molecule has 8 nitrogen and oxygen atoms in total. The van der Waals surface area contributed by atoms with E-state index in [4.69, 9.17) is 14.6 Å². The highest BCUT2D eigenvalue weighted by atomic mass is 79.9. The second kappa shape index (κ2) is 10.4. The van der Waals surface area contributed by atoms with Crippen LogP contribution in [0.2, 0.25) is 0 Å². The zero-order chi connectivity index (χ0) is 22.4. The monoisotopic (exact) mass is 509 g/mol. The van der Waals surface area contributed by atoms with Crippen molar-refractivity contribution in [1.29, 1.82) is 0 Å². The first-order chi connectivity index (χ1) is 14.9. The lowest BCUT2D eigenvalue weighted by molar-refractivity contribution is -0.138. The van der Waals surface area contributed by atoms with Gasteiger partial charge in [-0.15, -0.1) is 5.10 Å². The first-order valence-corrected chi connectivity index (χ1v) is 10.6. The minimum atomic E-state index is -1.06. The third-order valence-corrected chi connectivity index (χ3v) is 5.68. The first-order valence-electron chi connectivity index (χ1n) is 8.91. The zero-order valence-electron chi connectivity index (χ0n) is 16.2. The van der Waals surface area contributed by atoms with Gasteiger partial charge < -0.3 is 19.9 Å². The van der Waals surface area contributed by atoms with Crippen molar-refractivity contribution >= 4 is 51.0 Å². The number of benzene rings is 2. The van der Waals surface area contributed by atoms with Crippen molar-refractivity contribution in [2.45, 2.75) is 18.3 Å². The zero-order valence-corrected chi connectivity index (χ0v) is 18.6. The van der Waals surface area contributed by atoms with Crippen LogP contribution in [0.1, 0.15) is 17.5 Å². The lowest BCUT2D eigenvalue weighted by Gasteiger charge is -2.13. The van der Waals surface area contributed by atoms with E-state index in [0.29, 0.717) is 27.1 Å². The summed E-state index contributed by atoms with van der Waals surface area (Å²) in [4.78, 5) is 22.5. The number of carbonyl (C=O) groups excluding carboxylic acids is 1. The number of carbonyl (C=O) groups is 2. The van der Waals surface area contributed by atoms with Crippen molar-refractivity contribution in [2.24, 2.45) is 10.2 Å². The summed E-state index contributed by atoms with van der Waals surface area (Å²) in [6.07, 6.45) is 1.16. The minimum Gasteiger partial charge on any atom is -0.493 e. The molecule has 1 heterocycles. The van der Waals surface area contributed by atoms with E-state index < -0.39 is 17.1 Å². The van der Waals surface area contributed by atoms with E-state index in [-0.39, 0.29) is 24.0 Å². The Kier molecular flexibility index (Phi) is 7.64. The lowest BCUT2D eigenvalue weighted by atomic mass is 10.2. The molecular weight excluding hydrogens is 493 g/mol. The number of carboxylic acid groups (broad SMARTS) is 1.